The van der Waals surface area contributed by atoms with E-state index in [1.807, 2.05) is 41.1 Å². The number of hydrogen-bond acceptors (Lipinski definition) is 4. The van der Waals surface area contributed by atoms with Gasteiger partial charge in [0.15, 0.2) is 0 Å². The van der Waals surface area contributed by atoms with E-state index in [-0.39, 0.29) is 30.4 Å². The van der Waals surface area contributed by atoms with Crippen molar-refractivity contribution in [1.82, 2.24) is 13.8 Å². The highest BCUT2D eigenvalue weighted by atomic mass is 32.2. The maximum absolute atomic E-state index is 12.8. The summed E-state index contributed by atoms with van der Waals surface area (Å²) in [7, 11) is -2.04. The van der Waals surface area contributed by atoms with Crippen molar-refractivity contribution < 1.29 is 17.9 Å². The first-order valence-electron chi connectivity index (χ1n) is 9.45. The van der Waals surface area contributed by atoms with Gasteiger partial charge in [0, 0.05) is 37.9 Å². The van der Waals surface area contributed by atoms with Crippen molar-refractivity contribution in [2.24, 2.45) is 0 Å². The maximum atomic E-state index is 12.8. The van der Waals surface area contributed by atoms with Crippen LogP contribution < -0.4 is 4.74 Å². The normalized spacial score (nSPS) is 15.6. The molecule has 7 nitrogen and oxygen atoms in total. The Bertz CT molecular complexity index is 1110. The number of piperazine rings is 1. The highest BCUT2D eigenvalue weighted by molar-refractivity contribution is 7.89. The summed E-state index contributed by atoms with van der Waals surface area (Å²) in [4.78, 5) is 14.7. The van der Waals surface area contributed by atoms with Crippen molar-refractivity contribution in [3.63, 3.8) is 0 Å². The Morgan fingerprint density at radius 2 is 1.66 bits per heavy atom. The van der Waals surface area contributed by atoms with Crippen molar-refractivity contribution in [1.29, 1.82) is 0 Å². The number of hydrogen-bond donors (Lipinski definition) is 0. The molecule has 1 aliphatic rings. The fourth-order valence-corrected chi connectivity index (χ4v) is 5.02. The van der Waals surface area contributed by atoms with Gasteiger partial charge in [0.1, 0.15) is 12.3 Å². The molecule has 1 amide bonds. The van der Waals surface area contributed by atoms with E-state index in [2.05, 4.69) is 0 Å². The van der Waals surface area contributed by atoms with E-state index >= 15 is 0 Å². The van der Waals surface area contributed by atoms with Gasteiger partial charge in [-0.05, 0) is 41.8 Å². The third-order valence-corrected chi connectivity index (χ3v) is 7.19. The minimum Gasteiger partial charge on any atom is -0.497 e. The molecule has 1 aliphatic heterocycles. The molecule has 1 aromatic heterocycles. The van der Waals surface area contributed by atoms with Crippen LogP contribution in [0.2, 0.25) is 0 Å². The van der Waals surface area contributed by atoms with E-state index in [4.69, 9.17) is 4.74 Å². The highest BCUT2D eigenvalue weighted by Crippen LogP contribution is 2.21. The molecule has 0 atom stereocenters. The van der Waals surface area contributed by atoms with Gasteiger partial charge in [0.25, 0.3) is 0 Å². The van der Waals surface area contributed by atoms with Gasteiger partial charge in [0.05, 0.1) is 12.0 Å². The standard InChI is InChI=1S/C21H23N3O4S/c1-28-18-6-8-19(9-7-18)29(26,27)24-14-12-22(13-15-24)21(25)16-23-11-10-17-4-2-3-5-20(17)23/h2-11H,12-16H2,1H3. The second-order valence-electron chi connectivity index (χ2n) is 6.96. The van der Waals surface area contributed by atoms with Crippen LogP contribution in [0.4, 0.5) is 0 Å². The Hall–Kier alpha value is -2.84. The van der Waals surface area contributed by atoms with Crippen LogP contribution in [0.1, 0.15) is 0 Å². The summed E-state index contributed by atoms with van der Waals surface area (Å²) in [6.45, 7) is 1.58. The highest BCUT2D eigenvalue weighted by Gasteiger charge is 2.30. The summed E-state index contributed by atoms with van der Waals surface area (Å²) in [5.74, 6) is 0.602. The molecule has 0 spiro atoms. The van der Waals surface area contributed by atoms with E-state index in [9.17, 15) is 13.2 Å². The summed E-state index contributed by atoms with van der Waals surface area (Å²) in [5, 5.41) is 1.09. The molecule has 0 radical (unpaired) electrons. The number of carbonyl (C=O) groups excluding carboxylic acids is 1. The molecule has 8 heteroatoms. The van der Waals surface area contributed by atoms with E-state index in [0.717, 1.165) is 10.9 Å². The van der Waals surface area contributed by atoms with Crippen LogP contribution in [0.5, 0.6) is 5.75 Å². The Kier molecular flexibility index (Phi) is 5.29. The van der Waals surface area contributed by atoms with Crippen molar-refractivity contribution in [3.05, 3.63) is 60.8 Å². The van der Waals surface area contributed by atoms with Crippen molar-refractivity contribution >= 4 is 26.8 Å². The number of amides is 1. The summed E-state index contributed by atoms with van der Waals surface area (Å²) < 4.78 is 34.1. The smallest absolute Gasteiger partial charge is 0.243 e. The molecule has 2 aromatic carbocycles. The van der Waals surface area contributed by atoms with Crippen LogP contribution in [-0.4, -0.2) is 61.4 Å². The quantitative estimate of drug-likeness (QED) is 0.643. The van der Waals surface area contributed by atoms with Gasteiger partial charge in [-0.15, -0.1) is 0 Å². The first-order chi connectivity index (χ1) is 14.0. The van der Waals surface area contributed by atoms with E-state index in [1.165, 1.54) is 11.4 Å². The second kappa shape index (κ2) is 7.88. The predicted molar refractivity (Wildman–Crippen MR) is 110 cm³/mol. The molecule has 3 aromatic rings. The molecule has 0 unspecified atom stereocenters. The minimum absolute atomic E-state index is 0.00662. The van der Waals surface area contributed by atoms with Gasteiger partial charge in [-0.2, -0.15) is 4.31 Å². The lowest BCUT2D eigenvalue weighted by molar-refractivity contribution is -0.132. The Morgan fingerprint density at radius 1 is 0.966 bits per heavy atom. The van der Waals surface area contributed by atoms with Crippen molar-refractivity contribution in [3.8, 4) is 5.75 Å². The van der Waals surface area contributed by atoms with Crippen LogP contribution in [0, 0.1) is 0 Å². The molecule has 0 N–H and O–H groups in total. The topological polar surface area (TPSA) is 71.9 Å². The lowest BCUT2D eigenvalue weighted by atomic mass is 10.2. The number of ether oxygens (including phenoxy) is 1. The fraction of sp³-hybridized carbons (Fsp3) is 0.286. The average Bonchev–Trinajstić information content (AvgIpc) is 3.16. The molecule has 0 aliphatic carbocycles. The van der Waals surface area contributed by atoms with Crippen molar-refractivity contribution in [2.45, 2.75) is 11.4 Å². The molecule has 2 heterocycles. The number of para-hydroxylation sites is 1. The fourth-order valence-electron chi connectivity index (χ4n) is 3.60. The van der Waals surface area contributed by atoms with Crippen LogP contribution in [0.15, 0.2) is 65.7 Å². The predicted octanol–water partition coefficient (Wildman–Crippen LogP) is 2.18. The molecular weight excluding hydrogens is 390 g/mol. The van der Waals surface area contributed by atoms with Gasteiger partial charge in [-0.1, -0.05) is 18.2 Å². The number of nitrogens with zero attached hydrogens (tertiary/aromatic N) is 3. The summed E-state index contributed by atoms with van der Waals surface area (Å²) in [5.41, 5.74) is 1.02. The lowest BCUT2D eigenvalue weighted by Gasteiger charge is -2.34. The third kappa shape index (κ3) is 3.86. The van der Waals surface area contributed by atoms with Crippen LogP contribution in [0.25, 0.3) is 10.9 Å². The Labute approximate surface area is 170 Å². The number of sulfonamides is 1. The summed E-state index contributed by atoms with van der Waals surface area (Å²) >= 11 is 0. The van der Waals surface area contributed by atoms with E-state index in [1.54, 1.807) is 29.2 Å². The Balaban J connectivity index is 1.40. The zero-order valence-electron chi connectivity index (χ0n) is 16.2. The second-order valence-corrected chi connectivity index (χ2v) is 8.90. The zero-order chi connectivity index (χ0) is 20.4. The number of benzene rings is 2. The number of carbonyl (C=O) groups is 1. The summed E-state index contributed by atoms with van der Waals surface area (Å²) in [6.07, 6.45) is 1.91. The molecule has 1 saturated heterocycles. The van der Waals surface area contributed by atoms with E-state index < -0.39 is 10.0 Å². The number of aromatic nitrogens is 1. The first-order valence-corrected chi connectivity index (χ1v) is 10.9. The van der Waals surface area contributed by atoms with Crippen LogP contribution in [0.3, 0.4) is 0 Å². The Morgan fingerprint density at radius 3 is 2.34 bits per heavy atom. The molecule has 0 saturated carbocycles. The van der Waals surface area contributed by atoms with Crippen LogP contribution in [-0.2, 0) is 21.4 Å². The molecule has 4 rings (SSSR count). The maximum Gasteiger partial charge on any atom is 0.243 e. The van der Waals surface area contributed by atoms with Gasteiger partial charge in [-0.3, -0.25) is 4.79 Å². The average molecular weight is 413 g/mol. The molecule has 29 heavy (non-hydrogen) atoms. The first kappa shape index (κ1) is 19.5. The largest absolute Gasteiger partial charge is 0.497 e. The van der Waals surface area contributed by atoms with Gasteiger partial charge < -0.3 is 14.2 Å². The van der Waals surface area contributed by atoms with E-state index in [0.29, 0.717) is 18.8 Å². The third-order valence-electron chi connectivity index (χ3n) is 5.27. The minimum atomic E-state index is -3.58. The van der Waals surface area contributed by atoms with Crippen LogP contribution >= 0.6 is 0 Å². The SMILES string of the molecule is COc1ccc(S(=O)(=O)N2CCN(C(=O)Cn3ccc4ccccc43)CC2)cc1. The molecule has 1 fully saturated rings. The molecular formula is C21H23N3O4S. The summed E-state index contributed by atoms with van der Waals surface area (Å²) in [6, 6.07) is 16.3. The number of fused-ring (bicyclic) bond motifs is 1. The zero-order valence-corrected chi connectivity index (χ0v) is 17.0. The number of rotatable bonds is 5. The molecule has 152 valence electrons. The monoisotopic (exact) mass is 413 g/mol. The molecule has 0 bridgehead atoms. The van der Waals surface area contributed by atoms with Gasteiger partial charge >= 0.3 is 0 Å². The van der Waals surface area contributed by atoms with Gasteiger partial charge in [0.2, 0.25) is 15.9 Å². The lowest BCUT2D eigenvalue weighted by Crippen LogP contribution is -2.51. The number of methoxy groups -OCH3 is 1. The van der Waals surface area contributed by atoms with Crippen molar-refractivity contribution in [2.75, 3.05) is 33.3 Å². The van der Waals surface area contributed by atoms with Gasteiger partial charge in [-0.25, -0.2) is 8.42 Å².